The fourth-order valence-electron chi connectivity index (χ4n) is 1.89. The Kier molecular flexibility index (Phi) is 4.60. The zero-order chi connectivity index (χ0) is 14.4. The molecule has 0 fully saturated rings. The zero-order valence-electron chi connectivity index (χ0n) is 11.3. The molecule has 0 spiro atoms. The number of hydrogen-bond acceptors (Lipinski definition) is 3. The number of carbonyl (C=O) groups excluding carboxylic acids is 2. The lowest BCUT2D eigenvalue weighted by Crippen LogP contribution is -2.24. The predicted octanol–water partition coefficient (Wildman–Crippen LogP) is 2.34. The van der Waals surface area contributed by atoms with Gasteiger partial charge in [-0.15, -0.1) is 0 Å². The summed E-state index contributed by atoms with van der Waals surface area (Å²) in [4.78, 5) is 26.3. The van der Waals surface area contributed by atoms with Gasteiger partial charge in [0, 0.05) is 18.9 Å². The van der Waals surface area contributed by atoms with Crippen LogP contribution in [0.3, 0.4) is 0 Å². The Morgan fingerprint density at radius 2 is 1.85 bits per heavy atom. The monoisotopic (exact) mass is 268 g/mol. The topological polar surface area (TPSA) is 59.1 Å². The second-order valence-electron chi connectivity index (χ2n) is 4.59. The van der Waals surface area contributed by atoms with Crippen molar-refractivity contribution in [1.29, 1.82) is 0 Å². The number of Topliss-reactive ketones (excluding diaryl/α,β-unsaturated/α-hetero) is 1. The number of ketones is 1. The van der Waals surface area contributed by atoms with E-state index in [-0.39, 0.29) is 18.1 Å². The summed E-state index contributed by atoms with van der Waals surface area (Å²) in [5.41, 5.74) is 3.15. The van der Waals surface area contributed by atoms with Crippen molar-refractivity contribution in [2.24, 2.45) is 0 Å². The Bertz CT molecular complexity index is 609. The molecule has 0 bridgehead atoms. The third-order valence-corrected chi connectivity index (χ3v) is 2.84. The molecule has 102 valence electrons. The minimum absolute atomic E-state index is 0.0654. The standard InChI is InChI=1S/C16H16N2O2/c1-12(19)9-16(20)18-11-13-3-2-4-15(10-13)14-5-7-17-8-6-14/h2-8,10H,9,11H2,1H3,(H,18,20). The minimum atomic E-state index is -0.244. The molecule has 1 aromatic heterocycles. The van der Waals surface area contributed by atoms with Crippen LogP contribution in [0.4, 0.5) is 0 Å². The number of pyridine rings is 1. The zero-order valence-corrected chi connectivity index (χ0v) is 11.3. The van der Waals surface area contributed by atoms with Gasteiger partial charge >= 0.3 is 0 Å². The maximum Gasteiger partial charge on any atom is 0.227 e. The Morgan fingerprint density at radius 1 is 1.10 bits per heavy atom. The van der Waals surface area contributed by atoms with Crippen LogP contribution in [0.5, 0.6) is 0 Å². The van der Waals surface area contributed by atoms with E-state index in [0.29, 0.717) is 6.54 Å². The number of amides is 1. The highest BCUT2D eigenvalue weighted by atomic mass is 16.2. The highest BCUT2D eigenvalue weighted by molar-refractivity contribution is 5.96. The molecule has 4 nitrogen and oxygen atoms in total. The van der Waals surface area contributed by atoms with Gasteiger partial charge in [0.15, 0.2) is 0 Å². The molecule has 0 radical (unpaired) electrons. The quantitative estimate of drug-likeness (QED) is 0.847. The van der Waals surface area contributed by atoms with Crippen LogP contribution >= 0.6 is 0 Å². The average Bonchev–Trinajstić information content (AvgIpc) is 2.46. The van der Waals surface area contributed by atoms with Gasteiger partial charge in [-0.1, -0.05) is 18.2 Å². The molecule has 1 aromatic carbocycles. The minimum Gasteiger partial charge on any atom is -0.352 e. The van der Waals surface area contributed by atoms with Crippen molar-refractivity contribution in [2.75, 3.05) is 0 Å². The molecule has 0 aliphatic rings. The first-order chi connectivity index (χ1) is 9.65. The van der Waals surface area contributed by atoms with Gasteiger partial charge in [-0.25, -0.2) is 0 Å². The Hall–Kier alpha value is -2.49. The van der Waals surface area contributed by atoms with Gasteiger partial charge in [0.1, 0.15) is 5.78 Å². The maximum atomic E-state index is 11.4. The summed E-state index contributed by atoms with van der Waals surface area (Å²) in [6.45, 7) is 1.83. The largest absolute Gasteiger partial charge is 0.352 e. The molecule has 0 saturated carbocycles. The number of hydrogen-bond donors (Lipinski definition) is 1. The van der Waals surface area contributed by atoms with E-state index in [4.69, 9.17) is 0 Å². The third-order valence-electron chi connectivity index (χ3n) is 2.84. The average molecular weight is 268 g/mol. The van der Waals surface area contributed by atoms with E-state index in [1.165, 1.54) is 6.92 Å². The van der Waals surface area contributed by atoms with Gasteiger partial charge in [-0.2, -0.15) is 0 Å². The van der Waals surface area contributed by atoms with Crippen LogP contribution in [0.2, 0.25) is 0 Å². The fraction of sp³-hybridized carbons (Fsp3) is 0.188. The van der Waals surface area contributed by atoms with Crippen molar-refractivity contribution < 1.29 is 9.59 Å². The first-order valence-electron chi connectivity index (χ1n) is 6.40. The lowest BCUT2D eigenvalue weighted by Gasteiger charge is -2.07. The van der Waals surface area contributed by atoms with E-state index in [2.05, 4.69) is 10.3 Å². The normalized spacial score (nSPS) is 10.1. The molecule has 1 amide bonds. The van der Waals surface area contributed by atoms with Crippen LogP contribution in [-0.4, -0.2) is 16.7 Å². The van der Waals surface area contributed by atoms with E-state index in [1.807, 2.05) is 36.4 Å². The predicted molar refractivity (Wildman–Crippen MR) is 76.8 cm³/mol. The lowest BCUT2D eigenvalue weighted by molar-refractivity contribution is -0.127. The maximum absolute atomic E-state index is 11.4. The van der Waals surface area contributed by atoms with Crippen LogP contribution in [0, 0.1) is 0 Å². The first kappa shape index (κ1) is 13.9. The summed E-state index contributed by atoms with van der Waals surface area (Å²) in [5, 5.41) is 2.74. The smallest absolute Gasteiger partial charge is 0.227 e. The molecular weight excluding hydrogens is 252 g/mol. The first-order valence-corrected chi connectivity index (χ1v) is 6.40. The number of nitrogens with zero attached hydrogens (tertiary/aromatic N) is 1. The fourth-order valence-corrected chi connectivity index (χ4v) is 1.89. The van der Waals surface area contributed by atoms with Gasteiger partial charge in [0.05, 0.1) is 6.42 Å². The number of nitrogens with one attached hydrogen (secondary N) is 1. The van der Waals surface area contributed by atoms with E-state index < -0.39 is 0 Å². The summed E-state index contributed by atoms with van der Waals surface area (Å²) in [5.74, 6) is -0.375. The number of benzene rings is 1. The van der Waals surface area contributed by atoms with Crippen molar-refractivity contribution in [3.63, 3.8) is 0 Å². The van der Waals surface area contributed by atoms with Gasteiger partial charge in [0.25, 0.3) is 0 Å². The van der Waals surface area contributed by atoms with E-state index >= 15 is 0 Å². The van der Waals surface area contributed by atoms with Crippen LogP contribution < -0.4 is 5.32 Å². The van der Waals surface area contributed by atoms with Gasteiger partial charge in [-0.3, -0.25) is 14.6 Å². The van der Waals surface area contributed by atoms with Gasteiger partial charge < -0.3 is 5.32 Å². The molecule has 0 saturated heterocycles. The molecule has 0 unspecified atom stereocenters. The van der Waals surface area contributed by atoms with Crippen molar-refractivity contribution in [3.8, 4) is 11.1 Å². The molecule has 0 aliphatic heterocycles. The van der Waals surface area contributed by atoms with Crippen molar-refractivity contribution in [3.05, 3.63) is 54.4 Å². The van der Waals surface area contributed by atoms with E-state index in [1.54, 1.807) is 12.4 Å². The molecule has 2 aromatic rings. The molecule has 0 atom stereocenters. The van der Waals surface area contributed by atoms with Crippen molar-refractivity contribution >= 4 is 11.7 Å². The highest BCUT2D eigenvalue weighted by Gasteiger charge is 2.05. The molecule has 1 N–H and O–H groups in total. The summed E-state index contributed by atoms with van der Waals surface area (Å²) in [7, 11) is 0. The summed E-state index contributed by atoms with van der Waals surface area (Å²) in [6.07, 6.45) is 3.43. The molecule has 2 rings (SSSR count). The van der Waals surface area contributed by atoms with Crippen LogP contribution in [0.15, 0.2) is 48.8 Å². The molecule has 1 heterocycles. The van der Waals surface area contributed by atoms with Crippen LogP contribution in [0.1, 0.15) is 18.9 Å². The molecule has 0 aliphatic carbocycles. The van der Waals surface area contributed by atoms with Gasteiger partial charge in [0.2, 0.25) is 5.91 Å². The SMILES string of the molecule is CC(=O)CC(=O)NCc1cccc(-c2ccncc2)c1. The lowest BCUT2D eigenvalue weighted by atomic mass is 10.0. The Balaban J connectivity index is 2.04. The van der Waals surface area contributed by atoms with Crippen molar-refractivity contribution in [1.82, 2.24) is 10.3 Å². The van der Waals surface area contributed by atoms with Crippen molar-refractivity contribution in [2.45, 2.75) is 19.9 Å². The summed E-state index contributed by atoms with van der Waals surface area (Å²) in [6, 6.07) is 11.8. The second-order valence-corrected chi connectivity index (χ2v) is 4.59. The van der Waals surface area contributed by atoms with Gasteiger partial charge in [-0.05, 0) is 41.8 Å². The van der Waals surface area contributed by atoms with E-state index in [9.17, 15) is 9.59 Å². The third kappa shape index (κ3) is 4.02. The molecule has 20 heavy (non-hydrogen) atoms. The van der Waals surface area contributed by atoms with Crippen LogP contribution in [-0.2, 0) is 16.1 Å². The van der Waals surface area contributed by atoms with Crippen LogP contribution in [0.25, 0.3) is 11.1 Å². The Morgan fingerprint density at radius 3 is 2.55 bits per heavy atom. The number of aromatic nitrogens is 1. The molecular formula is C16H16N2O2. The summed E-state index contributed by atoms with van der Waals surface area (Å²) < 4.78 is 0. The number of rotatable bonds is 5. The number of carbonyl (C=O) groups is 2. The molecule has 4 heteroatoms. The highest BCUT2D eigenvalue weighted by Crippen LogP contribution is 2.19. The van der Waals surface area contributed by atoms with E-state index in [0.717, 1.165) is 16.7 Å². The second kappa shape index (κ2) is 6.61. The Labute approximate surface area is 117 Å². The summed E-state index contributed by atoms with van der Waals surface area (Å²) >= 11 is 0.